The molecule has 0 aliphatic carbocycles. The number of carbonyl (C=O) groups is 1. The number of aryl methyl sites for hydroxylation is 1. The van der Waals surface area contributed by atoms with E-state index in [1.54, 1.807) is 36.4 Å². The molecule has 2 heterocycles. The molecule has 3 aromatic carbocycles. The van der Waals surface area contributed by atoms with E-state index in [0.717, 1.165) is 22.4 Å². The molecule has 0 N–H and O–H groups in total. The molecule has 10 nitrogen and oxygen atoms in total. The molecule has 1 amide bonds. The van der Waals surface area contributed by atoms with Gasteiger partial charge in [-0.05, 0) is 83.2 Å². The Morgan fingerprint density at radius 2 is 1.82 bits per heavy atom. The maximum atomic E-state index is 13.9. The van der Waals surface area contributed by atoms with Gasteiger partial charge in [0.2, 0.25) is 0 Å². The first-order valence-corrected chi connectivity index (χ1v) is 15.7. The zero-order valence-electron chi connectivity index (χ0n) is 26.1. The number of para-hydroxylation sites is 1. The van der Waals surface area contributed by atoms with Crippen molar-refractivity contribution in [1.82, 2.24) is 14.6 Å². The number of amides is 1. The molecule has 1 aliphatic rings. The van der Waals surface area contributed by atoms with E-state index >= 15 is 0 Å². The SMILES string of the molecule is CCOc1cc(C=Nn2c(-c3cc(C(C)C)c(OC)cc3C)nc3ccccc3c2=O)c(Br)cc1OCC(=O)N1CCOCC1. The Balaban J connectivity index is 1.55. The fourth-order valence-electron chi connectivity index (χ4n) is 5.17. The number of hydrogen-bond acceptors (Lipinski definition) is 8. The van der Waals surface area contributed by atoms with Crippen molar-refractivity contribution in [3.8, 4) is 28.6 Å². The van der Waals surface area contributed by atoms with E-state index < -0.39 is 0 Å². The fourth-order valence-corrected chi connectivity index (χ4v) is 5.59. The minimum absolute atomic E-state index is 0.118. The number of benzene rings is 3. The molecule has 4 aromatic rings. The number of nitrogens with zero attached hydrogens (tertiary/aromatic N) is 4. The van der Waals surface area contributed by atoms with Crippen molar-refractivity contribution in [2.75, 3.05) is 46.6 Å². The monoisotopic (exact) mass is 676 g/mol. The molecular weight excluding hydrogens is 640 g/mol. The van der Waals surface area contributed by atoms with Crippen LogP contribution in [0.5, 0.6) is 17.2 Å². The lowest BCUT2D eigenvalue weighted by Crippen LogP contribution is -2.43. The van der Waals surface area contributed by atoms with Gasteiger partial charge in [0.05, 0.1) is 44.0 Å². The minimum atomic E-state index is -0.295. The number of rotatable bonds is 10. The van der Waals surface area contributed by atoms with E-state index in [1.807, 2.05) is 44.2 Å². The highest BCUT2D eigenvalue weighted by atomic mass is 79.9. The van der Waals surface area contributed by atoms with Gasteiger partial charge in [0, 0.05) is 28.7 Å². The second-order valence-electron chi connectivity index (χ2n) is 10.9. The second-order valence-corrected chi connectivity index (χ2v) is 11.8. The summed E-state index contributed by atoms with van der Waals surface area (Å²) >= 11 is 3.61. The van der Waals surface area contributed by atoms with Gasteiger partial charge in [0.15, 0.2) is 23.9 Å². The van der Waals surface area contributed by atoms with Crippen molar-refractivity contribution < 1.29 is 23.7 Å². The quantitative estimate of drug-likeness (QED) is 0.196. The lowest BCUT2D eigenvalue weighted by atomic mass is 9.96. The van der Waals surface area contributed by atoms with Gasteiger partial charge in [-0.15, -0.1) is 0 Å². The van der Waals surface area contributed by atoms with Crippen molar-refractivity contribution in [3.05, 3.63) is 80.0 Å². The van der Waals surface area contributed by atoms with Crippen LogP contribution in [0.2, 0.25) is 0 Å². The first-order valence-electron chi connectivity index (χ1n) is 14.9. The summed E-state index contributed by atoms with van der Waals surface area (Å²) in [5.41, 5.74) is 3.61. The molecule has 0 bridgehead atoms. The van der Waals surface area contributed by atoms with E-state index in [0.29, 0.717) is 71.2 Å². The Kier molecular flexibility index (Phi) is 10.2. The number of halogens is 1. The highest BCUT2D eigenvalue weighted by Gasteiger charge is 2.20. The van der Waals surface area contributed by atoms with Gasteiger partial charge >= 0.3 is 0 Å². The summed E-state index contributed by atoms with van der Waals surface area (Å²) < 4.78 is 24.7. The van der Waals surface area contributed by atoms with E-state index in [1.165, 1.54) is 4.68 Å². The Labute approximate surface area is 270 Å². The van der Waals surface area contributed by atoms with Gasteiger partial charge in [-0.3, -0.25) is 9.59 Å². The molecule has 0 atom stereocenters. The van der Waals surface area contributed by atoms with Crippen LogP contribution in [0.25, 0.3) is 22.3 Å². The molecule has 1 saturated heterocycles. The summed E-state index contributed by atoms with van der Waals surface area (Å²) in [6.45, 7) is 10.4. The molecule has 1 aliphatic heterocycles. The average Bonchev–Trinajstić information content (AvgIpc) is 3.04. The van der Waals surface area contributed by atoms with Crippen molar-refractivity contribution in [2.45, 2.75) is 33.6 Å². The maximum Gasteiger partial charge on any atom is 0.282 e. The predicted octanol–water partition coefficient (Wildman–Crippen LogP) is 5.78. The molecule has 0 saturated carbocycles. The first-order chi connectivity index (χ1) is 21.7. The van der Waals surface area contributed by atoms with Crippen LogP contribution in [0.3, 0.4) is 0 Å². The molecule has 45 heavy (non-hydrogen) atoms. The van der Waals surface area contributed by atoms with Crippen molar-refractivity contribution in [2.24, 2.45) is 5.10 Å². The van der Waals surface area contributed by atoms with Crippen LogP contribution in [0.1, 0.15) is 43.4 Å². The van der Waals surface area contributed by atoms with E-state index in [4.69, 9.17) is 23.9 Å². The standard InChI is InChI=1S/C34H37BrN4O6/c1-6-44-30-16-23(27(35)18-31(30)45-20-32(40)38-11-13-43-14-12-38)19-36-39-33(37-28-10-8-7-9-24(28)34(39)41)26-17-25(21(2)3)29(42-5)15-22(26)4/h7-10,15-19,21H,6,11-14,20H2,1-5H3. The molecule has 1 aromatic heterocycles. The second kappa shape index (κ2) is 14.3. The first kappa shape index (κ1) is 32.2. The summed E-state index contributed by atoms with van der Waals surface area (Å²) in [5, 5.41) is 5.13. The van der Waals surface area contributed by atoms with Crippen LogP contribution < -0.4 is 19.8 Å². The summed E-state index contributed by atoms with van der Waals surface area (Å²) in [6.07, 6.45) is 1.58. The zero-order chi connectivity index (χ0) is 32.1. The Bertz CT molecular complexity index is 1800. The van der Waals surface area contributed by atoms with Crippen molar-refractivity contribution in [1.29, 1.82) is 0 Å². The van der Waals surface area contributed by atoms with Crippen LogP contribution in [-0.4, -0.2) is 73.3 Å². The summed E-state index contributed by atoms with van der Waals surface area (Å²) in [6, 6.07) is 14.7. The highest BCUT2D eigenvalue weighted by molar-refractivity contribution is 9.10. The summed E-state index contributed by atoms with van der Waals surface area (Å²) in [7, 11) is 1.65. The normalized spacial score (nSPS) is 13.5. The van der Waals surface area contributed by atoms with Crippen LogP contribution in [0, 0.1) is 6.92 Å². The van der Waals surface area contributed by atoms with Crippen LogP contribution >= 0.6 is 15.9 Å². The zero-order valence-corrected chi connectivity index (χ0v) is 27.7. The van der Waals surface area contributed by atoms with Crippen molar-refractivity contribution in [3.63, 3.8) is 0 Å². The van der Waals surface area contributed by atoms with E-state index in [9.17, 15) is 9.59 Å². The van der Waals surface area contributed by atoms with Crippen LogP contribution in [0.4, 0.5) is 0 Å². The molecule has 0 spiro atoms. The van der Waals surface area contributed by atoms with Gasteiger partial charge in [-0.2, -0.15) is 9.78 Å². The number of hydrogen-bond donors (Lipinski definition) is 0. The predicted molar refractivity (Wildman–Crippen MR) is 178 cm³/mol. The minimum Gasteiger partial charge on any atom is -0.496 e. The third kappa shape index (κ3) is 7.04. The van der Waals surface area contributed by atoms with Crippen molar-refractivity contribution >= 4 is 39.0 Å². The summed E-state index contributed by atoms with van der Waals surface area (Å²) in [5.74, 6) is 2.14. The van der Waals surface area contributed by atoms with Crippen LogP contribution in [-0.2, 0) is 9.53 Å². The topological polar surface area (TPSA) is 104 Å². The van der Waals surface area contributed by atoms with Gasteiger partial charge in [0.1, 0.15) is 5.75 Å². The molecule has 236 valence electrons. The van der Waals surface area contributed by atoms with Gasteiger partial charge < -0.3 is 23.8 Å². The number of carbonyl (C=O) groups excluding carboxylic acids is 1. The number of morpholine rings is 1. The third-order valence-electron chi connectivity index (χ3n) is 7.58. The molecular formula is C34H37BrN4O6. The third-order valence-corrected chi connectivity index (χ3v) is 8.27. The molecule has 0 radical (unpaired) electrons. The Morgan fingerprint density at radius 3 is 2.53 bits per heavy atom. The Hall–Kier alpha value is -4.22. The van der Waals surface area contributed by atoms with E-state index in [-0.39, 0.29) is 24.0 Å². The van der Waals surface area contributed by atoms with Gasteiger partial charge in [0.25, 0.3) is 11.5 Å². The van der Waals surface area contributed by atoms with E-state index in [2.05, 4.69) is 34.9 Å². The summed E-state index contributed by atoms with van der Waals surface area (Å²) in [4.78, 5) is 33.2. The number of fused-ring (bicyclic) bond motifs is 1. The number of ether oxygens (including phenoxy) is 4. The van der Waals surface area contributed by atoms with Crippen LogP contribution in [0.15, 0.2) is 62.9 Å². The van der Waals surface area contributed by atoms with Gasteiger partial charge in [-0.1, -0.05) is 26.0 Å². The largest absolute Gasteiger partial charge is 0.496 e. The molecule has 0 unspecified atom stereocenters. The maximum absolute atomic E-state index is 13.9. The lowest BCUT2D eigenvalue weighted by molar-refractivity contribution is -0.137. The highest BCUT2D eigenvalue weighted by Crippen LogP contribution is 2.35. The number of aromatic nitrogens is 2. The molecule has 11 heteroatoms. The number of methoxy groups -OCH3 is 1. The fraction of sp³-hybridized carbons (Fsp3) is 0.353. The Morgan fingerprint density at radius 1 is 1.09 bits per heavy atom. The average molecular weight is 678 g/mol. The molecule has 1 fully saturated rings. The lowest BCUT2D eigenvalue weighted by Gasteiger charge is -2.26. The van der Waals surface area contributed by atoms with Gasteiger partial charge in [-0.25, -0.2) is 4.98 Å². The smallest absolute Gasteiger partial charge is 0.282 e. The molecule has 5 rings (SSSR count).